The van der Waals surface area contributed by atoms with Crippen molar-refractivity contribution in [2.75, 3.05) is 6.61 Å². The van der Waals surface area contributed by atoms with Crippen LogP contribution in [0.5, 0.6) is 5.75 Å². The summed E-state index contributed by atoms with van der Waals surface area (Å²) in [7, 11) is 0. The molecule has 0 atom stereocenters. The van der Waals surface area contributed by atoms with E-state index in [1.807, 2.05) is 0 Å². The summed E-state index contributed by atoms with van der Waals surface area (Å²) in [6.45, 7) is 0.446. The summed E-state index contributed by atoms with van der Waals surface area (Å²) in [5.74, 6) is -1.11. The Bertz CT molecular complexity index is 639. The van der Waals surface area contributed by atoms with Gasteiger partial charge < -0.3 is 20.0 Å². The number of aromatic carboxylic acids is 1. The van der Waals surface area contributed by atoms with Gasteiger partial charge in [0.15, 0.2) is 0 Å². The van der Waals surface area contributed by atoms with Crippen LogP contribution in [-0.2, 0) is 6.54 Å². The molecule has 2 aromatic rings. The number of carboxylic acids is 1. The number of benzene rings is 1. The molecule has 0 unspecified atom stereocenters. The van der Waals surface area contributed by atoms with Crippen LogP contribution in [0.25, 0.3) is 0 Å². The number of nitrogens with zero attached hydrogens (tertiary/aromatic N) is 4. The fourth-order valence-corrected chi connectivity index (χ4v) is 1.45. The van der Waals surface area contributed by atoms with Crippen LogP contribution in [0.15, 0.2) is 30.6 Å². The van der Waals surface area contributed by atoms with Crippen molar-refractivity contribution in [2.24, 2.45) is 0 Å². The van der Waals surface area contributed by atoms with E-state index < -0.39 is 16.8 Å². The zero-order valence-corrected chi connectivity index (χ0v) is 10.2. The van der Waals surface area contributed by atoms with Gasteiger partial charge in [-0.3, -0.25) is 0 Å². The number of hydrogen-bond donors (Lipinski definition) is 1. The highest BCUT2D eigenvalue weighted by molar-refractivity contribution is 5.87. The largest absolute Gasteiger partial charge is 0.492 e. The molecule has 0 saturated heterocycles. The van der Waals surface area contributed by atoms with Crippen LogP contribution in [0.4, 0.5) is 5.95 Å². The van der Waals surface area contributed by atoms with Crippen molar-refractivity contribution in [1.29, 1.82) is 0 Å². The van der Waals surface area contributed by atoms with Gasteiger partial charge in [-0.2, -0.15) is 4.68 Å². The van der Waals surface area contributed by atoms with Gasteiger partial charge in [-0.1, -0.05) is 11.1 Å². The van der Waals surface area contributed by atoms with Gasteiger partial charge in [0.05, 0.1) is 12.1 Å². The molecule has 0 bridgehead atoms. The van der Waals surface area contributed by atoms with E-state index in [-0.39, 0.29) is 18.7 Å². The Kier molecular flexibility index (Phi) is 3.89. The van der Waals surface area contributed by atoms with Gasteiger partial charge in [0, 0.05) is 5.10 Å². The molecular formula is C11H10N4O5. The lowest BCUT2D eigenvalue weighted by atomic mass is 10.2. The predicted molar refractivity (Wildman–Crippen MR) is 65.6 cm³/mol. The lowest BCUT2D eigenvalue weighted by Gasteiger charge is -2.05. The summed E-state index contributed by atoms with van der Waals surface area (Å²) in [5.41, 5.74) is 0.124. The topological polar surface area (TPSA) is 120 Å². The first-order valence-electron chi connectivity index (χ1n) is 5.56. The molecule has 104 valence electrons. The third-order valence-electron chi connectivity index (χ3n) is 2.36. The maximum Gasteiger partial charge on any atom is 0.490 e. The Morgan fingerprint density at radius 2 is 2.30 bits per heavy atom. The van der Waals surface area contributed by atoms with Gasteiger partial charge in [-0.05, 0) is 23.1 Å². The minimum Gasteiger partial charge on any atom is -0.492 e. The van der Waals surface area contributed by atoms with E-state index in [0.29, 0.717) is 5.75 Å². The van der Waals surface area contributed by atoms with E-state index in [9.17, 15) is 14.9 Å². The standard InChI is InChI=1S/C11H10N4O5/c16-10(17)8-2-1-3-9(6-8)20-5-4-14-7-12-11(13-14)15(18)19/h1-3,6-7H,4-5H2,(H,16,17). The van der Waals surface area contributed by atoms with Crippen LogP contribution >= 0.6 is 0 Å². The molecule has 20 heavy (non-hydrogen) atoms. The van der Waals surface area contributed by atoms with Crippen LogP contribution in [0.2, 0.25) is 0 Å². The van der Waals surface area contributed by atoms with Gasteiger partial charge in [0.1, 0.15) is 12.4 Å². The first kappa shape index (κ1) is 13.5. The molecule has 9 nitrogen and oxygen atoms in total. The highest BCUT2D eigenvalue weighted by Crippen LogP contribution is 2.13. The maximum atomic E-state index is 10.8. The Balaban J connectivity index is 1.90. The molecule has 0 aliphatic rings. The Morgan fingerprint density at radius 3 is 2.95 bits per heavy atom. The zero-order chi connectivity index (χ0) is 14.5. The molecule has 1 N–H and O–H groups in total. The molecular weight excluding hydrogens is 268 g/mol. The minimum absolute atomic E-state index is 0.124. The second-order valence-electron chi connectivity index (χ2n) is 3.75. The Hall–Kier alpha value is -2.97. The first-order valence-corrected chi connectivity index (χ1v) is 5.56. The molecule has 0 aliphatic carbocycles. The van der Waals surface area contributed by atoms with Crippen LogP contribution in [-0.4, -0.2) is 37.4 Å². The van der Waals surface area contributed by atoms with Crippen LogP contribution < -0.4 is 4.74 Å². The number of carbonyl (C=O) groups is 1. The summed E-state index contributed by atoms with van der Waals surface area (Å²) in [4.78, 5) is 24.0. The van der Waals surface area contributed by atoms with Gasteiger partial charge in [0.25, 0.3) is 0 Å². The predicted octanol–water partition coefficient (Wildman–Crippen LogP) is 0.963. The number of ether oxygens (including phenoxy) is 1. The molecule has 2 rings (SSSR count). The van der Waals surface area contributed by atoms with Gasteiger partial charge in [-0.15, -0.1) is 0 Å². The molecule has 0 saturated carbocycles. The van der Waals surface area contributed by atoms with Gasteiger partial charge in [-0.25, -0.2) is 4.79 Å². The summed E-state index contributed by atoms with van der Waals surface area (Å²) in [6, 6.07) is 6.04. The van der Waals surface area contributed by atoms with Crippen LogP contribution in [0.1, 0.15) is 10.4 Å². The molecule has 0 fully saturated rings. The maximum absolute atomic E-state index is 10.8. The van der Waals surface area contributed by atoms with Crippen LogP contribution in [0, 0.1) is 10.1 Å². The molecule has 0 spiro atoms. The van der Waals surface area contributed by atoms with Gasteiger partial charge >= 0.3 is 11.9 Å². The Morgan fingerprint density at radius 1 is 1.50 bits per heavy atom. The average molecular weight is 278 g/mol. The number of rotatable bonds is 6. The van der Waals surface area contributed by atoms with E-state index >= 15 is 0 Å². The third kappa shape index (κ3) is 3.28. The number of carboxylic acid groups (broad SMARTS) is 1. The molecule has 0 radical (unpaired) electrons. The summed E-state index contributed by atoms with van der Waals surface area (Å²) in [6.07, 6.45) is 1.23. The van der Waals surface area contributed by atoms with Crippen molar-refractivity contribution >= 4 is 11.9 Å². The quantitative estimate of drug-likeness (QED) is 0.617. The molecule has 9 heteroatoms. The number of aromatic nitrogens is 3. The number of nitro groups is 1. The molecule has 0 amide bonds. The lowest BCUT2D eigenvalue weighted by molar-refractivity contribution is -0.394. The number of hydrogen-bond acceptors (Lipinski definition) is 6. The van der Waals surface area contributed by atoms with E-state index in [1.54, 1.807) is 12.1 Å². The zero-order valence-electron chi connectivity index (χ0n) is 10.2. The average Bonchev–Trinajstić information content (AvgIpc) is 2.88. The fraction of sp³-hybridized carbons (Fsp3) is 0.182. The molecule has 1 heterocycles. The van der Waals surface area contributed by atoms with E-state index in [0.717, 1.165) is 0 Å². The van der Waals surface area contributed by atoms with Crippen molar-refractivity contribution in [3.63, 3.8) is 0 Å². The molecule has 1 aromatic carbocycles. The first-order chi connectivity index (χ1) is 9.56. The third-order valence-corrected chi connectivity index (χ3v) is 2.36. The molecule has 0 aliphatic heterocycles. The monoisotopic (exact) mass is 278 g/mol. The highest BCUT2D eigenvalue weighted by Gasteiger charge is 2.12. The van der Waals surface area contributed by atoms with Crippen molar-refractivity contribution in [3.8, 4) is 5.75 Å². The van der Waals surface area contributed by atoms with E-state index in [2.05, 4.69) is 10.1 Å². The van der Waals surface area contributed by atoms with E-state index in [4.69, 9.17) is 9.84 Å². The normalized spacial score (nSPS) is 10.2. The van der Waals surface area contributed by atoms with Crippen LogP contribution in [0.3, 0.4) is 0 Å². The lowest BCUT2D eigenvalue weighted by Crippen LogP contribution is -2.09. The second-order valence-corrected chi connectivity index (χ2v) is 3.75. The second kappa shape index (κ2) is 5.78. The summed E-state index contributed by atoms with van der Waals surface area (Å²) in [5, 5.41) is 22.8. The molecule has 1 aromatic heterocycles. The SMILES string of the molecule is O=C(O)c1cccc(OCCn2cnc([N+](=O)[O-])n2)c1. The highest BCUT2D eigenvalue weighted by atomic mass is 16.6. The Labute approximate surface area is 112 Å². The fourth-order valence-electron chi connectivity index (χ4n) is 1.45. The van der Waals surface area contributed by atoms with Crippen molar-refractivity contribution in [3.05, 3.63) is 46.3 Å². The summed E-state index contributed by atoms with van der Waals surface area (Å²) >= 11 is 0. The van der Waals surface area contributed by atoms with Crippen molar-refractivity contribution in [2.45, 2.75) is 6.54 Å². The summed E-state index contributed by atoms with van der Waals surface area (Å²) < 4.78 is 6.63. The van der Waals surface area contributed by atoms with Gasteiger partial charge in [0.2, 0.25) is 6.33 Å². The van der Waals surface area contributed by atoms with Crippen molar-refractivity contribution in [1.82, 2.24) is 14.8 Å². The van der Waals surface area contributed by atoms with Crippen molar-refractivity contribution < 1.29 is 19.6 Å². The van der Waals surface area contributed by atoms with E-state index in [1.165, 1.54) is 23.1 Å². The minimum atomic E-state index is -1.04. The smallest absolute Gasteiger partial charge is 0.490 e.